The molecule has 0 aromatic rings. The van der Waals surface area contributed by atoms with Crippen molar-refractivity contribution in [3.8, 4) is 22.4 Å². The van der Waals surface area contributed by atoms with Gasteiger partial charge in [0.2, 0.25) is 0 Å². The van der Waals surface area contributed by atoms with Crippen LogP contribution < -0.4 is 10.8 Å². The highest BCUT2D eigenvalue weighted by molar-refractivity contribution is 5.88. The topological polar surface area (TPSA) is 75.4 Å². The van der Waals surface area contributed by atoms with Crippen molar-refractivity contribution in [1.82, 2.24) is 10.2 Å². The Balaban J connectivity index is 2.63. The maximum absolute atomic E-state index is 12.0. The molecule has 3 aliphatic rings. The second-order valence-electron chi connectivity index (χ2n) is 3.64. The predicted molar refractivity (Wildman–Crippen MR) is 56.0 cm³/mol. The van der Waals surface area contributed by atoms with Crippen molar-refractivity contribution in [2.24, 2.45) is 5.16 Å². The molecule has 0 bridgehead atoms. The minimum atomic E-state index is -0.0991. The van der Waals surface area contributed by atoms with E-state index >= 15 is 0 Å². The van der Waals surface area contributed by atoms with Crippen LogP contribution in [0.5, 0.6) is 0 Å². The van der Waals surface area contributed by atoms with Gasteiger partial charge in [0.25, 0.3) is 0 Å². The third-order valence-electron chi connectivity index (χ3n) is 2.76. The molecule has 0 unspecified atom stereocenters. The lowest BCUT2D eigenvalue weighted by Crippen LogP contribution is -2.08. The van der Waals surface area contributed by atoms with E-state index in [9.17, 15) is 4.79 Å². The molecule has 0 aromatic heterocycles. The lowest BCUT2D eigenvalue weighted by molar-refractivity contribution is 0.302. The van der Waals surface area contributed by atoms with Crippen LogP contribution in [0.3, 0.4) is 0 Å². The summed E-state index contributed by atoms with van der Waals surface area (Å²) in [5.74, 6) is 0. The summed E-state index contributed by atoms with van der Waals surface area (Å²) in [6, 6.07) is 5.01. The van der Waals surface area contributed by atoms with E-state index in [0.29, 0.717) is 33.4 Å². The number of aryl methyl sites for hydroxylation is 1. The first-order valence-corrected chi connectivity index (χ1v) is 4.77. The van der Waals surface area contributed by atoms with E-state index in [4.69, 9.17) is 5.21 Å². The Morgan fingerprint density at radius 3 is 2.81 bits per heavy atom. The molecule has 78 valence electrons. The van der Waals surface area contributed by atoms with Crippen molar-refractivity contribution in [3.63, 3.8) is 0 Å². The van der Waals surface area contributed by atoms with Crippen molar-refractivity contribution < 1.29 is 5.21 Å². The summed E-state index contributed by atoms with van der Waals surface area (Å²) in [4.78, 5) is 12.0. The highest BCUT2D eigenvalue weighted by Gasteiger charge is 2.27. The number of hydrogen-bond donors (Lipinski definition) is 1. The zero-order chi connectivity index (χ0) is 11.3. The van der Waals surface area contributed by atoms with E-state index in [2.05, 4.69) is 15.4 Å². The van der Waals surface area contributed by atoms with E-state index in [1.165, 1.54) is 0 Å². The van der Waals surface area contributed by atoms with Gasteiger partial charge in [-0.1, -0.05) is 17.3 Å². The van der Waals surface area contributed by atoms with Crippen LogP contribution in [-0.4, -0.2) is 15.4 Å². The summed E-state index contributed by atoms with van der Waals surface area (Å²) in [6.07, 6.45) is 0. The Morgan fingerprint density at radius 1 is 1.25 bits per heavy atom. The molecule has 0 radical (unpaired) electrons. The maximum atomic E-state index is 12.0. The first-order chi connectivity index (χ1) is 7.74. The van der Waals surface area contributed by atoms with Crippen LogP contribution in [0.25, 0.3) is 22.4 Å². The molecule has 0 saturated heterocycles. The molecular formula is C11H7N3O2. The Hall–Kier alpha value is -2.30. The van der Waals surface area contributed by atoms with E-state index < -0.39 is 0 Å². The van der Waals surface area contributed by atoms with Crippen LogP contribution in [0.4, 0.5) is 0 Å². The zero-order valence-corrected chi connectivity index (χ0v) is 8.43. The second-order valence-corrected chi connectivity index (χ2v) is 3.64. The molecule has 0 fully saturated rings. The minimum Gasteiger partial charge on any atom is -0.410 e. The van der Waals surface area contributed by atoms with Crippen LogP contribution in [-0.2, 0) is 0 Å². The zero-order valence-electron chi connectivity index (χ0n) is 8.43. The standard InChI is InChI=1S/C11H7N3O2/c1-5-8-10(13-12-5)9-6(11(8)15)3-2-4-7(9)14-16/h2-4,16H,1H3/b14-7+. The van der Waals surface area contributed by atoms with Crippen molar-refractivity contribution in [2.45, 2.75) is 6.92 Å². The summed E-state index contributed by atoms with van der Waals surface area (Å²) in [5, 5.41) is 20.2. The highest BCUT2D eigenvalue weighted by atomic mass is 16.4. The van der Waals surface area contributed by atoms with Crippen LogP contribution >= 0.6 is 0 Å². The second kappa shape index (κ2) is 2.85. The Labute approximate surface area is 90.1 Å². The molecule has 16 heavy (non-hydrogen) atoms. The Morgan fingerprint density at radius 2 is 2.06 bits per heavy atom. The normalized spacial score (nSPS) is 12.9. The van der Waals surface area contributed by atoms with Crippen LogP contribution in [0.2, 0.25) is 0 Å². The number of fused-ring (bicyclic) bond motifs is 3. The molecule has 0 aromatic carbocycles. The third-order valence-corrected chi connectivity index (χ3v) is 2.76. The SMILES string of the molecule is Cc1nnc2c3/c(=N/O)cccc-3c(=O)c1-2. The fourth-order valence-corrected chi connectivity index (χ4v) is 2.04. The van der Waals surface area contributed by atoms with Gasteiger partial charge in [-0.2, -0.15) is 5.10 Å². The monoisotopic (exact) mass is 213 g/mol. The molecular weight excluding hydrogens is 206 g/mol. The number of aromatic nitrogens is 2. The first kappa shape index (κ1) is 8.96. The Bertz CT molecular complexity index is 710. The van der Waals surface area contributed by atoms with Gasteiger partial charge >= 0.3 is 0 Å². The molecule has 1 aliphatic heterocycles. The predicted octanol–water partition coefficient (Wildman–Crippen LogP) is 0.520. The summed E-state index contributed by atoms with van der Waals surface area (Å²) in [6.45, 7) is 1.74. The molecule has 2 aliphatic carbocycles. The van der Waals surface area contributed by atoms with Crippen molar-refractivity contribution in [3.05, 3.63) is 39.5 Å². The van der Waals surface area contributed by atoms with E-state index in [0.717, 1.165) is 0 Å². The van der Waals surface area contributed by atoms with Gasteiger partial charge in [0.15, 0.2) is 5.43 Å². The van der Waals surface area contributed by atoms with Crippen molar-refractivity contribution >= 4 is 0 Å². The van der Waals surface area contributed by atoms with Crippen LogP contribution in [0.15, 0.2) is 28.1 Å². The molecule has 5 heteroatoms. The molecule has 5 nitrogen and oxygen atoms in total. The molecule has 0 atom stereocenters. The lowest BCUT2D eigenvalue weighted by Gasteiger charge is -1.95. The van der Waals surface area contributed by atoms with E-state index in [-0.39, 0.29) is 5.43 Å². The average molecular weight is 213 g/mol. The fourth-order valence-electron chi connectivity index (χ4n) is 2.04. The molecule has 3 rings (SSSR count). The molecule has 1 heterocycles. The summed E-state index contributed by atoms with van der Waals surface area (Å²) in [5.41, 5.74) is 2.65. The molecule has 0 saturated carbocycles. The summed E-state index contributed by atoms with van der Waals surface area (Å²) in [7, 11) is 0. The summed E-state index contributed by atoms with van der Waals surface area (Å²) >= 11 is 0. The fraction of sp³-hybridized carbons (Fsp3) is 0.0909. The number of rotatable bonds is 0. The number of nitrogens with zero attached hydrogens (tertiary/aromatic N) is 3. The van der Waals surface area contributed by atoms with Gasteiger partial charge in [-0.25, -0.2) is 0 Å². The van der Waals surface area contributed by atoms with E-state index in [1.54, 1.807) is 25.1 Å². The number of benzene rings is 1. The number of hydrogen-bond acceptors (Lipinski definition) is 5. The van der Waals surface area contributed by atoms with Crippen LogP contribution in [0, 0.1) is 6.92 Å². The highest BCUT2D eigenvalue weighted by Crippen LogP contribution is 2.31. The van der Waals surface area contributed by atoms with Gasteiger partial charge in [-0.05, 0) is 13.0 Å². The van der Waals surface area contributed by atoms with Gasteiger partial charge in [0.05, 0.1) is 11.3 Å². The van der Waals surface area contributed by atoms with Gasteiger partial charge in [0, 0.05) is 11.1 Å². The van der Waals surface area contributed by atoms with Gasteiger partial charge < -0.3 is 5.21 Å². The summed E-state index contributed by atoms with van der Waals surface area (Å²) < 4.78 is 0. The molecule has 0 amide bonds. The first-order valence-electron chi connectivity index (χ1n) is 4.77. The average Bonchev–Trinajstić information content (AvgIpc) is 2.81. The maximum Gasteiger partial charge on any atom is 0.197 e. The Kier molecular flexibility index (Phi) is 1.60. The van der Waals surface area contributed by atoms with Crippen molar-refractivity contribution in [2.75, 3.05) is 0 Å². The van der Waals surface area contributed by atoms with Gasteiger partial charge in [-0.15, -0.1) is 5.10 Å². The lowest BCUT2D eigenvalue weighted by atomic mass is 10.1. The third kappa shape index (κ3) is 0.894. The van der Waals surface area contributed by atoms with E-state index in [1.807, 2.05) is 0 Å². The minimum absolute atomic E-state index is 0.0991. The quantitative estimate of drug-likeness (QED) is 0.436. The smallest absolute Gasteiger partial charge is 0.197 e. The van der Waals surface area contributed by atoms with Gasteiger partial charge in [0.1, 0.15) is 11.1 Å². The largest absolute Gasteiger partial charge is 0.410 e. The van der Waals surface area contributed by atoms with Crippen molar-refractivity contribution in [1.29, 1.82) is 0 Å². The molecule has 0 spiro atoms. The van der Waals surface area contributed by atoms with Gasteiger partial charge in [-0.3, -0.25) is 4.79 Å². The van der Waals surface area contributed by atoms with Crippen LogP contribution in [0.1, 0.15) is 5.69 Å². The molecule has 1 N–H and O–H groups in total.